The van der Waals surface area contributed by atoms with Crippen LogP contribution < -0.4 is 0 Å². The minimum Gasteiger partial charge on any atom is -0.390 e. The lowest BCUT2D eigenvalue weighted by Gasteiger charge is -2.18. The summed E-state index contributed by atoms with van der Waals surface area (Å²) in [4.78, 5) is 13.4. The fraction of sp³-hybridized carbons (Fsp3) is 0.316. The Labute approximate surface area is 142 Å². The Morgan fingerprint density at radius 2 is 1.79 bits per heavy atom. The highest BCUT2D eigenvalue weighted by atomic mass is 16.3. The monoisotopic (exact) mass is 322 g/mol. The molecule has 0 aliphatic heterocycles. The van der Waals surface area contributed by atoms with Crippen LogP contribution in [0.3, 0.4) is 0 Å². The molecule has 0 unspecified atom stereocenters. The Morgan fingerprint density at radius 1 is 1.08 bits per heavy atom. The normalized spacial score (nSPS) is 11.7. The molecule has 2 heterocycles. The zero-order valence-corrected chi connectivity index (χ0v) is 14.3. The lowest BCUT2D eigenvalue weighted by Crippen LogP contribution is -2.21. The van der Waals surface area contributed by atoms with Gasteiger partial charge in [0.2, 0.25) is 0 Å². The smallest absolute Gasteiger partial charge is 0.159 e. The van der Waals surface area contributed by atoms with Gasteiger partial charge in [-0.1, -0.05) is 24.3 Å². The summed E-state index contributed by atoms with van der Waals surface area (Å²) >= 11 is 0. The van der Waals surface area contributed by atoms with Crippen molar-refractivity contribution in [3.8, 4) is 22.8 Å². The molecule has 0 saturated heterocycles. The van der Waals surface area contributed by atoms with E-state index < -0.39 is 5.60 Å². The van der Waals surface area contributed by atoms with Gasteiger partial charge in [0.1, 0.15) is 5.82 Å². The molecule has 1 aromatic carbocycles. The van der Waals surface area contributed by atoms with Crippen molar-refractivity contribution in [3.05, 3.63) is 54.6 Å². The molecule has 2 aromatic heterocycles. The summed E-state index contributed by atoms with van der Waals surface area (Å²) in [5.74, 6) is 1.53. The first-order valence-electron chi connectivity index (χ1n) is 8.06. The second-order valence-electron chi connectivity index (χ2n) is 6.62. The van der Waals surface area contributed by atoms with Gasteiger partial charge in [-0.05, 0) is 32.8 Å². The summed E-state index contributed by atoms with van der Waals surface area (Å²) in [5, 5.41) is 9.91. The fourth-order valence-electron chi connectivity index (χ4n) is 2.55. The Morgan fingerprint density at radius 3 is 2.46 bits per heavy atom. The maximum atomic E-state index is 9.91. The number of hydrogen-bond donors (Lipinski definition) is 1. The van der Waals surface area contributed by atoms with Crippen LogP contribution in [-0.4, -0.2) is 30.2 Å². The average molecular weight is 322 g/mol. The first-order chi connectivity index (χ1) is 11.4. The molecule has 0 aliphatic rings. The summed E-state index contributed by atoms with van der Waals surface area (Å²) in [7, 11) is 0. The second-order valence-corrected chi connectivity index (χ2v) is 6.62. The van der Waals surface area contributed by atoms with E-state index in [4.69, 9.17) is 0 Å². The Kier molecular flexibility index (Phi) is 4.44. The van der Waals surface area contributed by atoms with Gasteiger partial charge >= 0.3 is 0 Å². The molecule has 5 nitrogen and oxygen atoms in total. The van der Waals surface area contributed by atoms with Gasteiger partial charge < -0.3 is 9.67 Å². The number of aryl methyl sites for hydroxylation is 2. The molecule has 0 amide bonds. The van der Waals surface area contributed by atoms with Gasteiger partial charge in [-0.3, -0.25) is 0 Å². The standard InChI is InChI=1S/C19H22N4O/c1-14-6-4-5-7-16(14)17-21-12-15(13-22-17)18-20-9-11-23(18)10-8-19(2,3)24/h4-7,9,11-13,24H,8,10H2,1-3H3. The Balaban J connectivity index is 1.85. The Bertz CT molecular complexity index is 816. The second kappa shape index (κ2) is 6.53. The van der Waals surface area contributed by atoms with Crippen molar-refractivity contribution in [2.75, 3.05) is 0 Å². The average Bonchev–Trinajstić information content (AvgIpc) is 3.02. The van der Waals surface area contributed by atoms with Gasteiger partial charge in [0.25, 0.3) is 0 Å². The number of rotatable bonds is 5. The van der Waals surface area contributed by atoms with Crippen LogP contribution in [0.25, 0.3) is 22.8 Å². The minimum absolute atomic E-state index is 0.651. The van der Waals surface area contributed by atoms with Crippen LogP contribution in [0.1, 0.15) is 25.8 Å². The minimum atomic E-state index is -0.702. The summed E-state index contributed by atoms with van der Waals surface area (Å²) < 4.78 is 2.02. The van der Waals surface area contributed by atoms with Crippen molar-refractivity contribution in [2.45, 2.75) is 39.3 Å². The molecule has 0 spiro atoms. The lowest BCUT2D eigenvalue weighted by atomic mass is 10.1. The SMILES string of the molecule is Cc1ccccc1-c1ncc(-c2nccn2CCC(C)(C)O)cn1. The van der Waals surface area contributed by atoms with Crippen molar-refractivity contribution >= 4 is 0 Å². The van der Waals surface area contributed by atoms with Crippen LogP contribution in [0.2, 0.25) is 0 Å². The van der Waals surface area contributed by atoms with Crippen molar-refractivity contribution < 1.29 is 5.11 Å². The predicted molar refractivity (Wildman–Crippen MR) is 94.3 cm³/mol. The molecule has 124 valence electrons. The quantitative estimate of drug-likeness (QED) is 0.781. The van der Waals surface area contributed by atoms with E-state index in [0.29, 0.717) is 18.8 Å². The van der Waals surface area contributed by atoms with Crippen molar-refractivity contribution in [1.82, 2.24) is 19.5 Å². The van der Waals surface area contributed by atoms with Gasteiger partial charge in [-0.2, -0.15) is 0 Å². The fourth-order valence-corrected chi connectivity index (χ4v) is 2.55. The molecule has 0 fully saturated rings. The molecule has 3 rings (SSSR count). The molecule has 24 heavy (non-hydrogen) atoms. The van der Waals surface area contributed by atoms with E-state index in [1.165, 1.54) is 0 Å². The van der Waals surface area contributed by atoms with Crippen LogP contribution >= 0.6 is 0 Å². The third kappa shape index (κ3) is 3.68. The summed E-state index contributed by atoms with van der Waals surface area (Å²) in [6.45, 7) is 6.36. The van der Waals surface area contributed by atoms with Gasteiger partial charge in [0.15, 0.2) is 5.82 Å². The molecule has 0 aliphatic carbocycles. The molecule has 0 bridgehead atoms. The Hall–Kier alpha value is -2.53. The molecular formula is C19H22N4O. The molecule has 3 aromatic rings. The highest BCUT2D eigenvalue weighted by Gasteiger charge is 2.14. The van der Waals surface area contributed by atoms with E-state index in [2.05, 4.69) is 27.9 Å². The maximum absolute atomic E-state index is 9.91. The van der Waals surface area contributed by atoms with Crippen LogP contribution in [0.5, 0.6) is 0 Å². The largest absolute Gasteiger partial charge is 0.390 e. The van der Waals surface area contributed by atoms with Crippen LogP contribution in [0.15, 0.2) is 49.1 Å². The number of benzene rings is 1. The maximum Gasteiger partial charge on any atom is 0.159 e. The van der Waals surface area contributed by atoms with E-state index in [0.717, 1.165) is 22.5 Å². The van der Waals surface area contributed by atoms with Gasteiger partial charge in [0, 0.05) is 36.9 Å². The van der Waals surface area contributed by atoms with Gasteiger partial charge in [-0.15, -0.1) is 0 Å². The van der Waals surface area contributed by atoms with Crippen LogP contribution in [-0.2, 0) is 6.54 Å². The van der Waals surface area contributed by atoms with E-state index in [9.17, 15) is 5.11 Å². The molecule has 0 atom stereocenters. The molecule has 1 N–H and O–H groups in total. The molecule has 0 radical (unpaired) electrons. The third-order valence-corrected chi connectivity index (χ3v) is 3.98. The zero-order valence-electron chi connectivity index (χ0n) is 14.3. The van der Waals surface area contributed by atoms with E-state index in [-0.39, 0.29) is 0 Å². The topological polar surface area (TPSA) is 63.8 Å². The predicted octanol–water partition coefficient (Wildman–Crippen LogP) is 3.48. The van der Waals surface area contributed by atoms with Crippen molar-refractivity contribution in [3.63, 3.8) is 0 Å². The molecule has 5 heteroatoms. The number of aromatic nitrogens is 4. The number of imidazole rings is 1. The zero-order chi connectivity index (χ0) is 17.2. The third-order valence-electron chi connectivity index (χ3n) is 3.98. The van der Waals surface area contributed by atoms with E-state index >= 15 is 0 Å². The summed E-state index contributed by atoms with van der Waals surface area (Å²) in [5.41, 5.74) is 2.35. The first kappa shape index (κ1) is 16.3. The van der Waals surface area contributed by atoms with Crippen molar-refractivity contribution in [1.29, 1.82) is 0 Å². The van der Waals surface area contributed by atoms with Gasteiger partial charge in [-0.25, -0.2) is 15.0 Å². The number of aliphatic hydroxyl groups is 1. The van der Waals surface area contributed by atoms with E-state index in [1.807, 2.05) is 42.8 Å². The molecular weight excluding hydrogens is 300 g/mol. The summed E-state index contributed by atoms with van der Waals surface area (Å²) in [6, 6.07) is 8.07. The number of hydrogen-bond acceptors (Lipinski definition) is 4. The number of nitrogens with zero attached hydrogens (tertiary/aromatic N) is 4. The van der Waals surface area contributed by atoms with Crippen molar-refractivity contribution in [2.24, 2.45) is 0 Å². The van der Waals surface area contributed by atoms with E-state index in [1.54, 1.807) is 18.6 Å². The molecule has 0 saturated carbocycles. The lowest BCUT2D eigenvalue weighted by molar-refractivity contribution is 0.0663. The highest BCUT2D eigenvalue weighted by molar-refractivity contribution is 5.61. The van der Waals surface area contributed by atoms with Crippen LogP contribution in [0.4, 0.5) is 0 Å². The van der Waals surface area contributed by atoms with Crippen LogP contribution in [0, 0.1) is 6.92 Å². The first-order valence-corrected chi connectivity index (χ1v) is 8.06. The van der Waals surface area contributed by atoms with Gasteiger partial charge in [0.05, 0.1) is 11.2 Å². The highest BCUT2D eigenvalue weighted by Crippen LogP contribution is 2.22. The summed E-state index contributed by atoms with van der Waals surface area (Å²) in [6.07, 6.45) is 7.93.